The van der Waals surface area contributed by atoms with Crippen molar-refractivity contribution in [2.75, 3.05) is 0 Å². The van der Waals surface area contributed by atoms with E-state index < -0.39 is 19.8 Å². The van der Waals surface area contributed by atoms with Crippen LogP contribution in [-0.4, -0.2) is 14.6 Å². The van der Waals surface area contributed by atoms with Crippen LogP contribution in [0.5, 0.6) is 0 Å². The lowest BCUT2D eigenvalue weighted by Gasteiger charge is -2.22. The van der Waals surface area contributed by atoms with Crippen LogP contribution in [0.2, 0.25) is 0 Å². The Morgan fingerprint density at radius 3 is 1.97 bits per heavy atom. The molecule has 34 heavy (non-hydrogen) atoms. The average molecular weight is 475 g/mol. The maximum absolute atomic E-state index is 13.3. The van der Waals surface area contributed by atoms with Crippen LogP contribution < -0.4 is 15.9 Å². The van der Waals surface area contributed by atoms with Crippen LogP contribution in [0, 0.1) is 6.92 Å². The summed E-state index contributed by atoms with van der Waals surface area (Å²) in [4.78, 5) is 3.74. The molecule has 7 heteroatoms. The van der Waals surface area contributed by atoms with Gasteiger partial charge in [-0.25, -0.2) is 9.50 Å². The number of hydrogen-bond acceptors (Lipinski definition) is 2. The summed E-state index contributed by atoms with van der Waals surface area (Å²) >= 11 is 0. The molecule has 3 nitrogen and oxygen atoms in total. The number of fused-ring (bicyclic) bond motifs is 1. The fourth-order valence-electron chi connectivity index (χ4n) is 4.10. The molecule has 0 fully saturated rings. The summed E-state index contributed by atoms with van der Waals surface area (Å²) < 4.78 is 41.2. The van der Waals surface area contributed by atoms with E-state index in [0.29, 0.717) is 12.1 Å². The van der Waals surface area contributed by atoms with Gasteiger partial charge in [-0.2, -0.15) is 18.3 Å². The van der Waals surface area contributed by atoms with Crippen molar-refractivity contribution in [2.45, 2.75) is 19.5 Å². The van der Waals surface area contributed by atoms with Gasteiger partial charge in [0, 0.05) is 6.42 Å². The third kappa shape index (κ3) is 4.34. The Balaban J connectivity index is 1.58. The van der Waals surface area contributed by atoms with Crippen LogP contribution in [-0.2, 0) is 12.6 Å². The highest BCUT2D eigenvalue weighted by atomic mass is 31.1. The minimum absolute atomic E-state index is 0.00606. The third-order valence-corrected chi connectivity index (χ3v) is 8.21. The van der Waals surface area contributed by atoms with E-state index in [4.69, 9.17) is 0 Å². The molecule has 0 bridgehead atoms. The first-order chi connectivity index (χ1) is 16.4. The van der Waals surface area contributed by atoms with Crippen molar-refractivity contribution in [3.05, 3.63) is 120 Å². The average Bonchev–Trinajstić information content (AvgIpc) is 3.18. The Kier molecular flexibility index (Phi) is 5.93. The highest BCUT2D eigenvalue weighted by Crippen LogP contribution is 2.35. The van der Waals surface area contributed by atoms with E-state index in [-0.39, 0.29) is 11.3 Å². The van der Waals surface area contributed by atoms with Gasteiger partial charge in [-0.3, -0.25) is 0 Å². The summed E-state index contributed by atoms with van der Waals surface area (Å²) in [7, 11) is -0.811. The molecular weight excluding hydrogens is 454 g/mol. The fourth-order valence-corrected chi connectivity index (χ4v) is 6.57. The monoisotopic (exact) mass is 475 g/mol. The highest BCUT2D eigenvalue weighted by Gasteiger charge is 2.36. The summed E-state index contributed by atoms with van der Waals surface area (Å²) in [5.74, 6) is 0. The molecule has 3 aromatic carbocycles. The molecule has 2 aromatic heterocycles. The van der Waals surface area contributed by atoms with Gasteiger partial charge in [0.15, 0.2) is 11.3 Å². The van der Waals surface area contributed by atoms with Crippen molar-refractivity contribution in [1.82, 2.24) is 14.6 Å². The number of aryl methyl sites for hydroxylation is 1. The first-order valence-electron chi connectivity index (χ1n) is 10.8. The molecule has 0 amide bonds. The van der Waals surface area contributed by atoms with Gasteiger partial charge in [-0.15, -0.1) is 0 Å². The lowest BCUT2D eigenvalue weighted by atomic mass is 10.1. The molecule has 0 saturated heterocycles. The number of imidazole rings is 1. The zero-order valence-electron chi connectivity index (χ0n) is 18.4. The van der Waals surface area contributed by atoms with Crippen LogP contribution in [0.15, 0.2) is 97.1 Å². The van der Waals surface area contributed by atoms with E-state index in [1.807, 2.05) is 48.5 Å². The lowest BCUT2D eigenvalue weighted by molar-refractivity contribution is -0.141. The molecule has 0 unspecified atom stereocenters. The molecule has 5 aromatic rings. The largest absolute Gasteiger partial charge is 0.435 e. The Morgan fingerprint density at radius 1 is 0.765 bits per heavy atom. The maximum Gasteiger partial charge on any atom is 0.435 e. The second-order valence-electron chi connectivity index (χ2n) is 7.95. The van der Waals surface area contributed by atoms with Crippen LogP contribution >= 0.6 is 7.92 Å². The maximum atomic E-state index is 13.3. The second-order valence-corrected chi connectivity index (χ2v) is 10.1. The van der Waals surface area contributed by atoms with Gasteiger partial charge >= 0.3 is 6.18 Å². The van der Waals surface area contributed by atoms with E-state index in [2.05, 4.69) is 46.5 Å². The van der Waals surface area contributed by atoms with Gasteiger partial charge < -0.3 is 0 Å². The summed E-state index contributed by atoms with van der Waals surface area (Å²) in [5, 5.41) is 8.19. The van der Waals surface area contributed by atoms with E-state index in [1.165, 1.54) is 27.4 Å². The number of aromatic nitrogens is 3. The van der Waals surface area contributed by atoms with Crippen molar-refractivity contribution in [1.29, 1.82) is 0 Å². The predicted octanol–water partition coefficient (Wildman–Crippen LogP) is 5.41. The number of alkyl halides is 3. The van der Waals surface area contributed by atoms with Crippen molar-refractivity contribution in [2.24, 2.45) is 0 Å². The minimum Gasteiger partial charge on any atom is -0.222 e. The van der Waals surface area contributed by atoms with Gasteiger partial charge in [-0.05, 0) is 48.5 Å². The van der Waals surface area contributed by atoms with Crippen molar-refractivity contribution >= 4 is 29.5 Å². The Morgan fingerprint density at radius 2 is 1.35 bits per heavy atom. The normalized spacial score (nSPS) is 11.9. The zero-order chi connectivity index (χ0) is 23.7. The molecule has 0 N–H and O–H groups in total. The first kappa shape index (κ1) is 22.3. The zero-order valence-corrected chi connectivity index (χ0v) is 19.3. The Hall–Kier alpha value is -3.50. The highest BCUT2D eigenvalue weighted by molar-refractivity contribution is 7.79. The molecule has 0 spiro atoms. The summed E-state index contributed by atoms with van der Waals surface area (Å²) in [6, 6.07) is 32.4. The van der Waals surface area contributed by atoms with Gasteiger partial charge in [0.2, 0.25) is 0 Å². The molecule has 0 aliphatic rings. The van der Waals surface area contributed by atoms with E-state index in [0.717, 1.165) is 5.56 Å². The number of halogens is 3. The predicted molar refractivity (Wildman–Crippen MR) is 131 cm³/mol. The number of hydrogen-bond donors (Lipinski definition) is 0. The molecule has 0 aliphatic carbocycles. The number of rotatable bonds is 5. The fraction of sp³-hybridized carbons (Fsp3) is 0.111. The van der Waals surface area contributed by atoms with Gasteiger partial charge in [0.25, 0.3) is 0 Å². The molecule has 0 atom stereocenters. The van der Waals surface area contributed by atoms with E-state index in [9.17, 15) is 13.2 Å². The van der Waals surface area contributed by atoms with Crippen molar-refractivity contribution in [3.63, 3.8) is 0 Å². The third-order valence-electron chi connectivity index (χ3n) is 5.66. The van der Waals surface area contributed by atoms with Crippen LogP contribution in [0.3, 0.4) is 0 Å². The van der Waals surface area contributed by atoms with E-state index in [1.54, 1.807) is 12.1 Å². The van der Waals surface area contributed by atoms with E-state index >= 15 is 0 Å². The lowest BCUT2D eigenvalue weighted by Crippen LogP contribution is -2.23. The quantitative estimate of drug-likeness (QED) is 0.319. The molecule has 0 saturated carbocycles. The van der Waals surface area contributed by atoms with Crippen LogP contribution in [0.25, 0.3) is 5.65 Å². The summed E-state index contributed by atoms with van der Waals surface area (Å²) in [6.07, 6.45) is -4.00. The number of benzene rings is 3. The standard InChI is InChI=1S/C27H21F3N3P/c1-19-26(27(28,29)30)31-25-17-16-21(32-33(19)25)18-20-10-8-9-15-24(20)34(22-11-4-2-5-12-22)23-13-6-3-7-14-23/h2-17H,18H2,1H3. The van der Waals surface area contributed by atoms with Crippen molar-refractivity contribution < 1.29 is 13.2 Å². The van der Waals surface area contributed by atoms with Crippen LogP contribution in [0.1, 0.15) is 22.6 Å². The SMILES string of the molecule is Cc1c(C(F)(F)F)nc2ccc(Cc3ccccc3P(c3ccccc3)c3ccccc3)nn12. The van der Waals surface area contributed by atoms with Gasteiger partial charge in [0.1, 0.15) is 0 Å². The topological polar surface area (TPSA) is 30.2 Å². The smallest absolute Gasteiger partial charge is 0.222 e. The van der Waals surface area contributed by atoms with Gasteiger partial charge in [0.05, 0.1) is 11.4 Å². The molecule has 5 rings (SSSR count). The molecular formula is C27H21F3N3P. The number of nitrogens with zero attached hydrogens (tertiary/aromatic N) is 3. The second kappa shape index (κ2) is 9.03. The summed E-state index contributed by atoms with van der Waals surface area (Å²) in [6.45, 7) is 1.40. The van der Waals surface area contributed by atoms with Crippen LogP contribution in [0.4, 0.5) is 13.2 Å². The minimum atomic E-state index is -4.51. The van der Waals surface area contributed by atoms with Crippen molar-refractivity contribution in [3.8, 4) is 0 Å². The Bertz CT molecular complexity index is 1390. The Labute approximate surface area is 196 Å². The molecule has 2 heterocycles. The first-order valence-corrected chi connectivity index (χ1v) is 12.2. The molecule has 0 radical (unpaired) electrons. The molecule has 170 valence electrons. The summed E-state index contributed by atoms with van der Waals surface area (Å²) in [5.41, 5.74) is 1.08. The molecule has 0 aliphatic heterocycles. The van der Waals surface area contributed by atoms with Gasteiger partial charge in [-0.1, -0.05) is 84.9 Å².